The van der Waals surface area contributed by atoms with Crippen molar-refractivity contribution in [3.05, 3.63) is 16.8 Å². The van der Waals surface area contributed by atoms with E-state index in [9.17, 15) is 0 Å². The lowest BCUT2D eigenvalue weighted by atomic mass is 10.1. The molecule has 110 valence electrons. The second-order valence-electron chi connectivity index (χ2n) is 5.14. The maximum absolute atomic E-state index is 9.00. The van der Waals surface area contributed by atoms with E-state index in [4.69, 9.17) is 15.7 Å². The minimum atomic E-state index is 0.0499. The Bertz CT molecular complexity index is 532. The summed E-state index contributed by atoms with van der Waals surface area (Å²) < 4.78 is 5.59. The third kappa shape index (κ3) is 2.40. The highest BCUT2D eigenvalue weighted by Gasteiger charge is 2.31. The van der Waals surface area contributed by atoms with E-state index in [1.807, 2.05) is 32.7 Å². The monoisotopic (exact) mass is 279 g/mol. The van der Waals surface area contributed by atoms with Crippen LogP contribution < -0.4 is 10.6 Å². The number of nitrogens with two attached hydrogens (primary N) is 1. The molecule has 7 heteroatoms. The molecule has 0 aromatic carbocycles. The SMILES string of the molecule is Cc1nnc(N(C)C2CCOC2C)c(C(N)=NO)c1C. The van der Waals surface area contributed by atoms with Crippen molar-refractivity contribution in [2.45, 2.75) is 39.3 Å². The molecule has 0 aliphatic carbocycles. The van der Waals surface area contributed by atoms with Gasteiger partial charge in [-0.1, -0.05) is 5.16 Å². The van der Waals surface area contributed by atoms with Crippen molar-refractivity contribution >= 4 is 11.7 Å². The summed E-state index contributed by atoms with van der Waals surface area (Å²) >= 11 is 0. The first-order chi connectivity index (χ1) is 9.47. The molecule has 1 aromatic rings. The van der Waals surface area contributed by atoms with Gasteiger partial charge < -0.3 is 20.6 Å². The van der Waals surface area contributed by atoms with Crippen LogP contribution in [-0.4, -0.2) is 47.0 Å². The Morgan fingerprint density at radius 1 is 1.45 bits per heavy atom. The first-order valence-corrected chi connectivity index (χ1v) is 6.63. The van der Waals surface area contributed by atoms with Crippen LogP contribution in [0, 0.1) is 13.8 Å². The molecule has 2 unspecified atom stereocenters. The van der Waals surface area contributed by atoms with E-state index in [0.717, 1.165) is 24.3 Å². The van der Waals surface area contributed by atoms with Gasteiger partial charge in [-0.05, 0) is 32.8 Å². The van der Waals surface area contributed by atoms with Crippen LogP contribution in [0.2, 0.25) is 0 Å². The van der Waals surface area contributed by atoms with E-state index in [0.29, 0.717) is 11.4 Å². The fourth-order valence-electron chi connectivity index (χ4n) is 2.59. The Morgan fingerprint density at radius 3 is 2.70 bits per heavy atom. The zero-order valence-corrected chi connectivity index (χ0v) is 12.3. The van der Waals surface area contributed by atoms with E-state index >= 15 is 0 Å². The summed E-state index contributed by atoms with van der Waals surface area (Å²) in [7, 11) is 1.93. The molecule has 0 bridgehead atoms. The molecule has 3 N–H and O–H groups in total. The Labute approximate surface area is 118 Å². The molecule has 7 nitrogen and oxygen atoms in total. The van der Waals surface area contributed by atoms with E-state index in [-0.39, 0.29) is 18.0 Å². The van der Waals surface area contributed by atoms with Gasteiger partial charge in [0.15, 0.2) is 11.7 Å². The van der Waals surface area contributed by atoms with E-state index in [2.05, 4.69) is 15.4 Å². The minimum absolute atomic E-state index is 0.0499. The molecule has 2 rings (SSSR count). The normalized spacial score (nSPS) is 23.1. The second kappa shape index (κ2) is 5.62. The third-order valence-electron chi connectivity index (χ3n) is 3.97. The summed E-state index contributed by atoms with van der Waals surface area (Å²) in [5.41, 5.74) is 8.06. The smallest absolute Gasteiger partial charge is 0.174 e. The molecule has 0 amide bonds. The van der Waals surface area contributed by atoms with Crippen LogP contribution >= 0.6 is 0 Å². The molecule has 20 heavy (non-hydrogen) atoms. The highest BCUT2D eigenvalue weighted by atomic mass is 16.5. The van der Waals surface area contributed by atoms with Gasteiger partial charge in [-0.25, -0.2) is 0 Å². The molecule has 0 saturated carbocycles. The molecule has 0 spiro atoms. The van der Waals surface area contributed by atoms with E-state index in [1.54, 1.807) is 0 Å². The van der Waals surface area contributed by atoms with Gasteiger partial charge in [0.25, 0.3) is 0 Å². The number of ether oxygens (including phenoxy) is 1. The summed E-state index contributed by atoms with van der Waals surface area (Å²) in [5.74, 6) is 0.666. The number of likely N-dealkylation sites (N-methyl/N-ethyl adjacent to an activating group) is 1. The Kier molecular flexibility index (Phi) is 4.08. The van der Waals surface area contributed by atoms with E-state index < -0.39 is 0 Å². The van der Waals surface area contributed by atoms with Crippen LogP contribution in [0.25, 0.3) is 0 Å². The number of hydrogen-bond donors (Lipinski definition) is 2. The first kappa shape index (κ1) is 14.5. The molecule has 1 saturated heterocycles. The van der Waals surface area contributed by atoms with Gasteiger partial charge in [0, 0.05) is 13.7 Å². The maximum Gasteiger partial charge on any atom is 0.174 e. The predicted octanol–water partition coefficient (Wildman–Crippen LogP) is 0.802. The number of oxime groups is 1. The fourth-order valence-corrected chi connectivity index (χ4v) is 2.59. The van der Waals surface area contributed by atoms with Gasteiger partial charge in [-0.3, -0.25) is 0 Å². The molecular weight excluding hydrogens is 258 g/mol. The Hall–Kier alpha value is -1.89. The summed E-state index contributed by atoms with van der Waals surface area (Å²) in [6.07, 6.45) is 1.03. The number of aryl methyl sites for hydroxylation is 1. The van der Waals surface area contributed by atoms with Crippen LogP contribution in [0.15, 0.2) is 5.16 Å². The standard InChI is InChI=1S/C13H21N5O2/c1-7-8(2)15-16-13(11(7)12(14)17-19)18(4)10-5-6-20-9(10)3/h9-10,19H,5-6H2,1-4H3,(H2,14,17). The second-order valence-corrected chi connectivity index (χ2v) is 5.14. The van der Waals surface area contributed by atoms with Crippen LogP contribution in [-0.2, 0) is 4.74 Å². The van der Waals surface area contributed by atoms with Crippen molar-refractivity contribution in [2.24, 2.45) is 10.9 Å². The number of amidine groups is 1. The van der Waals surface area contributed by atoms with Gasteiger partial charge in [0.05, 0.1) is 23.4 Å². The summed E-state index contributed by atoms with van der Waals surface area (Å²) in [4.78, 5) is 2.00. The van der Waals surface area contributed by atoms with Crippen molar-refractivity contribution in [3.63, 3.8) is 0 Å². The topological polar surface area (TPSA) is 96.9 Å². The minimum Gasteiger partial charge on any atom is -0.409 e. The molecule has 1 aromatic heterocycles. The average molecular weight is 279 g/mol. The molecule has 1 fully saturated rings. The zero-order valence-electron chi connectivity index (χ0n) is 12.3. The summed E-state index contributed by atoms with van der Waals surface area (Å²) in [5, 5.41) is 20.5. The molecule has 2 atom stereocenters. The van der Waals surface area contributed by atoms with Crippen molar-refractivity contribution in [1.82, 2.24) is 10.2 Å². The van der Waals surface area contributed by atoms with Gasteiger partial charge >= 0.3 is 0 Å². The first-order valence-electron chi connectivity index (χ1n) is 6.63. The maximum atomic E-state index is 9.00. The number of nitrogens with zero attached hydrogens (tertiary/aromatic N) is 4. The van der Waals surface area contributed by atoms with Gasteiger partial charge in [-0.15, -0.1) is 5.10 Å². The number of aromatic nitrogens is 2. The lowest BCUT2D eigenvalue weighted by molar-refractivity contribution is 0.118. The van der Waals surface area contributed by atoms with Gasteiger partial charge in [0.1, 0.15) is 0 Å². The lowest BCUT2D eigenvalue weighted by Gasteiger charge is -2.29. The number of rotatable bonds is 3. The molecule has 1 aliphatic heterocycles. The van der Waals surface area contributed by atoms with Crippen LogP contribution in [0.1, 0.15) is 30.2 Å². The van der Waals surface area contributed by atoms with Crippen molar-refractivity contribution in [1.29, 1.82) is 0 Å². The van der Waals surface area contributed by atoms with Crippen LogP contribution in [0.3, 0.4) is 0 Å². The van der Waals surface area contributed by atoms with Gasteiger partial charge in [0.2, 0.25) is 0 Å². The Morgan fingerprint density at radius 2 is 2.15 bits per heavy atom. The molecule has 0 radical (unpaired) electrons. The summed E-state index contributed by atoms with van der Waals surface area (Å²) in [6.45, 7) is 6.50. The largest absolute Gasteiger partial charge is 0.409 e. The van der Waals surface area contributed by atoms with E-state index in [1.165, 1.54) is 0 Å². The number of anilines is 1. The highest BCUT2D eigenvalue weighted by Crippen LogP contribution is 2.27. The van der Waals surface area contributed by atoms with Crippen LogP contribution in [0.4, 0.5) is 5.82 Å². The Balaban J connectivity index is 2.48. The lowest BCUT2D eigenvalue weighted by Crippen LogP contribution is -2.39. The fraction of sp³-hybridized carbons (Fsp3) is 0.615. The predicted molar refractivity (Wildman–Crippen MR) is 76.2 cm³/mol. The highest BCUT2D eigenvalue weighted by molar-refractivity contribution is 6.02. The van der Waals surface area contributed by atoms with Crippen molar-refractivity contribution < 1.29 is 9.94 Å². The molecule has 1 aliphatic rings. The van der Waals surface area contributed by atoms with Crippen molar-refractivity contribution in [3.8, 4) is 0 Å². The molecular formula is C13H21N5O2. The van der Waals surface area contributed by atoms with Gasteiger partial charge in [-0.2, -0.15) is 5.10 Å². The quantitative estimate of drug-likeness (QED) is 0.368. The zero-order chi connectivity index (χ0) is 14.9. The summed E-state index contributed by atoms with van der Waals surface area (Å²) in [6, 6.07) is 0.205. The third-order valence-corrected chi connectivity index (χ3v) is 3.97. The van der Waals surface area contributed by atoms with Crippen molar-refractivity contribution in [2.75, 3.05) is 18.6 Å². The number of hydrogen-bond acceptors (Lipinski definition) is 6. The van der Waals surface area contributed by atoms with Crippen LogP contribution in [0.5, 0.6) is 0 Å². The average Bonchev–Trinajstić information content (AvgIpc) is 2.86. The molecule has 2 heterocycles.